The standard InChI is InChI=1S/C25H30N8O3S/c1-15-13-27-23(28-14-15)21(26-3)16(2)37-32-25-31-30-24(17-9-7-12-20(29-17)36-6)33(25)22-18(34-4)10-8-11-19(22)35-5/h7-14,16,21,26H,1-6H3,(H,31,32). The first-order chi connectivity index (χ1) is 18.0. The maximum absolute atomic E-state index is 5.69. The molecule has 4 aromatic rings. The Morgan fingerprint density at radius 1 is 0.919 bits per heavy atom. The molecule has 0 bridgehead atoms. The molecule has 194 valence electrons. The van der Waals surface area contributed by atoms with Gasteiger partial charge in [-0.15, -0.1) is 10.2 Å². The molecule has 0 fully saturated rings. The Labute approximate surface area is 220 Å². The van der Waals surface area contributed by atoms with E-state index < -0.39 is 0 Å². The van der Waals surface area contributed by atoms with Crippen LogP contribution in [0.4, 0.5) is 5.95 Å². The number of ether oxygens (including phenoxy) is 3. The fourth-order valence-corrected chi connectivity index (χ4v) is 4.60. The highest BCUT2D eigenvalue weighted by Gasteiger charge is 2.26. The van der Waals surface area contributed by atoms with E-state index in [-0.39, 0.29) is 11.3 Å². The third-order valence-corrected chi connectivity index (χ3v) is 6.59. The molecule has 3 heterocycles. The van der Waals surface area contributed by atoms with Crippen molar-refractivity contribution in [2.45, 2.75) is 25.1 Å². The molecule has 2 atom stereocenters. The molecule has 0 saturated heterocycles. The number of rotatable bonds is 11. The second-order valence-corrected chi connectivity index (χ2v) is 9.25. The normalized spacial score (nSPS) is 12.6. The van der Waals surface area contributed by atoms with Crippen molar-refractivity contribution >= 4 is 17.9 Å². The van der Waals surface area contributed by atoms with Crippen molar-refractivity contribution in [3.05, 3.63) is 60.2 Å². The van der Waals surface area contributed by atoms with E-state index in [1.807, 2.05) is 61.3 Å². The van der Waals surface area contributed by atoms with Crippen molar-refractivity contribution in [2.75, 3.05) is 33.1 Å². The average molecular weight is 523 g/mol. The first-order valence-electron chi connectivity index (χ1n) is 11.6. The summed E-state index contributed by atoms with van der Waals surface area (Å²) in [7, 11) is 6.67. The van der Waals surface area contributed by atoms with Crippen molar-refractivity contribution in [1.82, 2.24) is 35.0 Å². The first-order valence-corrected chi connectivity index (χ1v) is 12.4. The molecule has 11 nitrogen and oxygen atoms in total. The van der Waals surface area contributed by atoms with E-state index in [1.54, 1.807) is 27.4 Å². The predicted molar refractivity (Wildman–Crippen MR) is 143 cm³/mol. The zero-order chi connectivity index (χ0) is 26.4. The topological polar surface area (TPSA) is 121 Å². The second kappa shape index (κ2) is 11.9. The molecular formula is C25H30N8O3S. The van der Waals surface area contributed by atoms with Gasteiger partial charge in [0, 0.05) is 23.7 Å². The highest BCUT2D eigenvalue weighted by atomic mass is 32.2. The number of methoxy groups -OCH3 is 3. The minimum atomic E-state index is -0.102. The monoisotopic (exact) mass is 522 g/mol. The summed E-state index contributed by atoms with van der Waals surface area (Å²) in [4.78, 5) is 13.6. The molecule has 2 N–H and O–H groups in total. The summed E-state index contributed by atoms with van der Waals surface area (Å²) in [6.45, 7) is 4.04. The zero-order valence-electron chi connectivity index (χ0n) is 21.6. The smallest absolute Gasteiger partial charge is 0.239 e. The fourth-order valence-electron chi connectivity index (χ4n) is 3.78. The number of benzene rings is 1. The Balaban J connectivity index is 1.74. The molecule has 0 amide bonds. The zero-order valence-corrected chi connectivity index (χ0v) is 22.4. The molecule has 0 aliphatic carbocycles. The minimum Gasteiger partial charge on any atom is -0.494 e. The Bertz CT molecular complexity index is 1310. The van der Waals surface area contributed by atoms with Gasteiger partial charge >= 0.3 is 0 Å². The highest BCUT2D eigenvalue weighted by Crippen LogP contribution is 2.38. The van der Waals surface area contributed by atoms with Gasteiger partial charge in [-0.25, -0.2) is 15.0 Å². The van der Waals surface area contributed by atoms with Crippen LogP contribution >= 0.6 is 11.9 Å². The molecule has 1 aromatic carbocycles. The van der Waals surface area contributed by atoms with E-state index in [4.69, 9.17) is 14.2 Å². The van der Waals surface area contributed by atoms with Crippen LogP contribution in [0.2, 0.25) is 0 Å². The van der Waals surface area contributed by atoms with Crippen molar-refractivity contribution < 1.29 is 14.2 Å². The number of nitrogens with zero attached hydrogens (tertiary/aromatic N) is 6. The van der Waals surface area contributed by atoms with E-state index >= 15 is 0 Å². The molecule has 0 spiro atoms. The summed E-state index contributed by atoms with van der Waals surface area (Å²) in [5.41, 5.74) is 2.22. The summed E-state index contributed by atoms with van der Waals surface area (Å²) >= 11 is 1.47. The Morgan fingerprint density at radius 3 is 2.22 bits per heavy atom. The second-order valence-electron chi connectivity index (χ2n) is 8.07. The number of aromatic nitrogens is 6. The van der Waals surface area contributed by atoms with Crippen molar-refractivity contribution in [1.29, 1.82) is 0 Å². The summed E-state index contributed by atoms with van der Waals surface area (Å²) in [6, 6.07) is 10.9. The Hall–Kier alpha value is -3.90. The van der Waals surface area contributed by atoms with Crippen LogP contribution in [0, 0.1) is 6.92 Å². The van der Waals surface area contributed by atoms with Gasteiger partial charge in [0.2, 0.25) is 11.8 Å². The van der Waals surface area contributed by atoms with E-state index in [1.165, 1.54) is 11.9 Å². The lowest BCUT2D eigenvalue weighted by molar-refractivity contribution is 0.391. The van der Waals surface area contributed by atoms with E-state index in [0.717, 1.165) is 5.56 Å². The number of pyridine rings is 1. The number of anilines is 1. The molecule has 37 heavy (non-hydrogen) atoms. The van der Waals surface area contributed by atoms with Gasteiger partial charge in [-0.3, -0.25) is 9.29 Å². The van der Waals surface area contributed by atoms with Crippen molar-refractivity contribution in [2.24, 2.45) is 0 Å². The number of aryl methyl sites for hydroxylation is 1. The van der Waals surface area contributed by atoms with Gasteiger partial charge in [-0.2, -0.15) is 0 Å². The largest absolute Gasteiger partial charge is 0.494 e. The van der Waals surface area contributed by atoms with Crippen LogP contribution in [0.1, 0.15) is 24.4 Å². The predicted octanol–water partition coefficient (Wildman–Crippen LogP) is 3.86. The minimum absolute atomic E-state index is 0.0239. The van der Waals surface area contributed by atoms with Crippen LogP contribution in [0.3, 0.4) is 0 Å². The SMILES string of the molecule is CNC(c1ncc(C)cn1)C(C)SNc1nnc(-c2cccc(OC)n2)n1-c1c(OC)cccc1OC. The molecule has 4 rings (SSSR count). The molecule has 0 aliphatic heterocycles. The van der Waals surface area contributed by atoms with Gasteiger partial charge in [0.05, 0.1) is 27.4 Å². The van der Waals surface area contributed by atoms with Gasteiger partial charge in [0.1, 0.15) is 28.7 Å². The molecule has 0 aliphatic rings. The third kappa shape index (κ3) is 5.59. The van der Waals surface area contributed by atoms with Gasteiger partial charge in [-0.05, 0) is 56.6 Å². The van der Waals surface area contributed by atoms with Gasteiger partial charge in [0.15, 0.2) is 5.82 Å². The first kappa shape index (κ1) is 26.2. The van der Waals surface area contributed by atoms with Crippen LogP contribution < -0.4 is 24.2 Å². The average Bonchev–Trinajstić information content (AvgIpc) is 3.36. The Kier molecular flexibility index (Phi) is 8.41. The lowest BCUT2D eigenvalue weighted by atomic mass is 10.2. The van der Waals surface area contributed by atoms with Crippen LogP contribution in [0.15, 0.2) is 48.8 Å². The number of hydrogen-bond donors (Lipinski definition) is 2. The summed E-state index contributed by atoms with van der Waals surface area (Å²) < 4.78 is 21.9. The molecule has 0 radical (unpaired) electrons. The maximum Gasteiger partial charge on any atom is 0.239 e. The molecule has 12 heteroatoms. The lowest BCUT2D eigenvalue weighted by Crippen LogP contribution is -2.28. The van der Waals surface area contributed by atoms with Gasteiger partial charge < -0.3 is 19.5 Å². The Morgan fingerprint density at radius 2 is 1.59 bits per heavy atom. The van der Waals surface area contributed by atoms with Crippen LogP contribution in [-0.2, 0) is 0 Å². The van der Waals surface area contributed by atoms with E-state index in [2.05, 4.69) is 42.1 Å². The van der Waals surface area contributed by atoms with E-state index in [0.29, 0.717) is 46.4 Å². The van der Waals surface area contributed by atoms with Gasteiger partial charge in [0.25, 0.3) is 0 Å². The summed E-state index contributed by atoms with van der Waals surface area (Å²) in [5.74, 6) is 3.31. The van der Waals surface area contributed by atoms with Crippen LogP contribution in [0.25, 0.3) is 17.2 Å². The number of nitrogens with one attached hydrogen (secondary N) is 2. The van der Waals surface area contributed by atoms with E-state index in [9.17, 15) is 0 Å². The van der Waals surface area contributed by atoms with Crippen LogP contribution in [0.5, 0.6) is 17.4 Å². The molecule has 2 unspecified atom stereocenters. The summed E-state index contributed by atoms with van der Waals surface area (Å²) in [5, 5.41) is 12.3. The highest BCUT2D eigenvalue weighted by molar-refractivity contribution is 8.01. The number of para-hydroxylation sites is 1. The van der Waals surface area contributed by atoms with Crippen molar-refractivity contribution in [3.8, 4) is 34.6 Å². The quantitative estimate of drug-likeness (QED) is 0.279. The third-order valence-electron chi connectivity index (χ3n) is 5.65. The number of hydrogen-bond acceptors (Lipinski definition) is 11. The lowest BCUT2D eigenvalue weighted by Gasteiger charge is -2.22. The fraction of sp³-hybridized carbons (Fsp3) is 0.320. The molecule has 0 saturated carbocycles. The maximum atomic E-state index is 5.69. The summed E-state index contributed by atoms with van der Waals surface area (Å²) in [6.07, 6.45) is 3.63. The van der Waals surface area contributed by atoms with Crippen LogP contribution in [-0.4, -0.2) is 63.3 Å². The molecular weight excluding hydrogens is 492 g/mol. The van der Waals surface area contributed by atoms with Gasteiger partial charge in [-0.1, -0.05) is 12.1 Å². The van der Waals surface area contributed by atoms with Crippen molar-refractivity contribution in [3.63, 3.8) is 0 Å². The molecule has 3 aromatic heterocycles.